The fourth-order valence-corrected chi connectivity index (χ4v) is 1.96. The summed E-state index contributed by atoms with van der Waals surface area (Å²) >= 11 is 0. The highest BCUT2D eigenvalue weighted by Crippen LogP contribution is 2.11. The van der Waals surface area contributed by atoms with Gasteiger partial charge in [-0.15, -0.1) is 0 Å². The van der Waals surface area contributed by atoms with Crippen molar-refractivity contribution in [3.8, 4) is 0 Å². The zero-order valence-corrected chi connectivity index (χ0v) is 11.4. The van der Waals surface area contributed by atoms with Crippen molar-refractivity contribution in [2.75, 3.05) is 6.54 Å². The minimum atomic E-state index is 0.666. The number of H-pyrrole nitrogens is 1. The summed E-state index contributed by atoms with van der Waals surface area (Å²) in [6.45, 7) is 7.92. The van der Waals surface area contributed by atoms with E-state index < -0.39 is 0 Å². The van der Waals surface area contributed by atoms with E-state index in [4.69, 9.17) is 0 Å². The SMILES string of the molecule is CCC(C)CC(CC)NCCCc1ncn[nH]1. The van der Waals surface area contributed by atoms with Gasteiger partial charge in [-0.1, -0.05) is 27.2 Å². The van der Waals surface area contributed by atoms with E-state index in [1.54, 1.807) is 6.33 Å². The molecule has 17 heavy (non-hydrogen) atoms. The molecule has 0 amide bonds. The summed E-state index contributed by atoms with van der Waals surface area (Å²) < 4.78 is 0. The smallest absolute Gasteiger partial charge is 0.137 e. The van der Waals surface area contributed by atoms with E-state index in [0.29, 0.717) is 6.04 Å². The number of hydrogen-bond acceptors (Lipinski definition) is 3. The third-order valence-electron chi connectivity index (χ3n) is 3.36. The molecule has 1 aromatic heterocycles. The molecule has 0 aliphatic carbocycles. The first-order valence-electron chi connectivity index (χ1n) is 6.83. The predicted molar refractivity (Wildman–Crippen MR) is 70.9 cm³/mol. The van der Waals surface area contributed by atoms with E-state index in [9.17, 15) is 0 Å². The zero-order valence-electron chi connectivity index (χ0n) is 11.4. The molecule has 0 aliphatic rings. The molecule has 0 spiro atoms. The lowest BCUT2D eigenvalue weighted by Gasteiger charge is -2.20. The summed E-state index contributed by atoms with van der Waals surface area (Å²) in [6.07, 6.45) is 7.44. The Morgan fingerprint density at radius 3 is 2.76 bits per heavy atom. The number of aromatic nitrogens is 3. The van der Waals surface area contributed by atoms with Gasteiger partial charge in [-0.05, 0) is 31.7 Å². The lowest BCUT2D eigenvalue weighted by Crippen LogP contribution is -2.31. The molecule has 0 fully saturated rings. The molecule has 2 atom stereocenters. The molecule has 0 bridgehead atoms. The summed E-state index contributed by atoms with van der Waals surface area (Å²) in [6, 6.07) is 0.666. The van der Waals surface area contributed by atoms with Crippen LogP contribution in [0.2, 0.25) is 0 Å². The third kappa shape index (κ3) is 5.82. The maximum Gasteiger partial charge on any atom is 0.137 e. The van der Waals surface area contributed by atoms with Gasteiger partial charge in [0.15, 0.2) is 0 Å². The highest BCUT2D eigenvalue weighted by atomic mass is 15.2. The quantitative estimate of drug-likeness (QED) is 0.650. The molecule has 1 aromatic rings. The van der Waals surface area contributed by atoms with Crippen LogP contribution in [0, 0.1) is 5.92 Å². The molecular formula is C13H26N4. The van der Waals surface area contributed by atoms with Crippen molar-refractivity contribution in [1.82, 2.24) is 20.5 Å². The Morgan fingerprint density at radius 2 is 2.18 bits per heavy atom. The van der Waals surface area contributed by atoms with E-state index in [-0.39, 0.29) is 0 Å². The summed E-state index contributed by atoms with van der Waals surface area (Å²) in [5, 5.41) is 10.4. The maximum atomic E-state index is 4.12. The Bertz CT molecular complexity index is 271. The van der Waals surface area contributed by atoms with Gasteiger partial charge in [-0.2, -0.15) is 5.10 Å². The number of aromatic amines is 1. The Hall–Kier alpha value is -0.900. The molecule has 2 N–H and O–H groups in total. The first-order valence-corrected chi connectivity index (χ1v) is 6.83. The fourth-order valence-electron chi connectivity index (χ4n) is 1.96. The number of nitrogens with one attached hydrogen (secondary N) is 2. The Labute approximate surface area is 105 Å². The Kier molecular flexibility index (Phi) is 6.86. The van der Waals surface area contributed by atoms with Gasteiger partial charge in [0.05, 0.1) is 0 Å². The van der Waals surface area contributed by atoms with E-state index in [0.717, 1.165) is 31.1 Å². The highest BCUT2D eigenvalue weighted by molar-refractivity contribution is 4.80. The lowest BCUT2D eigenvalue weighted by molar-refractivity contribution is 0.383. The van der Waals surface area contributed by atoms with Crippen molar-refractivity contribution in [3.05, 3.63) is 12.2 Å². The van der Waals surface area contributed by atoms with Crippen molar-refractivity contribution in [3.63, 3.8) is 0 Å². The first kappa shape index (κ1) is 14.2. The van der Waals surface area contributed by atoms with Crippen LogP contribution in [-0.2, 0) is 6.42 Å². The molecule has 0 saturated heterocycles. The van der Waals surface area contributed by atoms with Crippen LogP contribution in [-0.4, -0.2) is 27.8 Å². The van der Waals surface area contributed by atoms with E-state index in [2.05, 4.69) is 41.3 Å². The van der Waals surface area contributed by atoms with Gasteiger partial charge in [-0.3, -0.25) is 5.10 Å². The minimum Gasteiger partial charge on any atom is -0.314 e. The van der Waals surface area contributed by atoms with Crippen molar-refractivity contribution >= 4 is 0 Å². The molecule has 0 saturated carbocycles. The number of hydrogen-bond donors (Lipinski definition) is 2. The monoisotopic (exact) mass is 238 g/mol. The van der Waals surface area contributed by atoms with Crippen molar-refractivity contribution in [2.45, 2.75) is 58.9 Å². The number of rotatable bonds is 9. The largest absolute Gasteiger partial charge is 0.314 e. The van der Waals surface area contributed by atoms with Gasteiger partial charge in [0.1, 0.15) is 12.2 Å². The van der Waals surface area contributed by atoms with Crippen LogP contribution < -0.4 is 5.32 Å². The van der Waals surface area contributed by atoms with Crippen LogP contribution in [0.1, 0.15) is 52.3 Å². The molecule has 0 aromatic carbocycles. The van der Waals surface area contributed by atoms with Crippen molar-refractivity contribution in [2.24, 2.45) is 5.92 Å². The molecule has 2 unspecified atom stereocenters. The summed E-state index contributed by atoms with van der Waals surface area (Å²) in [4.78, 5) is 4.12. The van der Waals surface area contributed by atoms with Gasteiger partial charge in [-0.25, -0.2) is 4.98 Å². The summed E-state index contributed by atoms with van der Waals surface area (Å²) in [5.41, 5.74) is 0. The molecule has 1 rings (SSSR count). The maximum absolute atomic E-state index is 4.12. The molecule has 4 nitrogen and oxygen atoms in total. The topological polar surface area (TPSA) is 53.6 Å². The van der Waals surface area contributed by atoms with E-state index in [1.165, 1.54) is 19.3 Å². The summed E-state index contributed by atoms with van der Waals surface area (Å²) in [7, 11) is 0. The molecular weight excluding hydrogens is 212 g/mol. The van der Waals surface area contributed by atoms with E-state index >= 15 is 0 Å². The van der Waals surface area contributed by atoms with Gasteiger partial charge in [0.25, 0.3) is 0 Å². The normalized spacial score (nSPS) is 14.8. The Morgan fingerprint density at radius 1 is 1.35 bits per heavy atom. The number of nitrogens with zero attached hydrogens (tertiary/aromatic N) is 2. The molecule has 1 heterocycles. The van der Waals surface area contributed by atoms with Gasteiger partial charge < -0.3 is 5.32 Å². The second-order valence-corrected chi connectivity index (χ2v) is 4.84. The van der Waals surface area contributed by atoms with Crippen LogP contribution in [0.4, 0.5) is 0 Å². The molecule has 4 heteroatoms. The zero-order chi connectivity index (χ0) is 12.5. The highest BCUT2D eigenvalue weighted by Gasteiger charge is 2.09. The minimum absolute atomic E-state index is 0.666. The fraction of sp³-hybridized carbons (Fsp3) is 0.846. The van der Waals surface area contributed by atoms with Crippen molar-refractivity contribution < 1.29 is 0 Å². The van der Waals surface area contributed by atoms with Crippen LogP contribution in [0.3, 0.4) is 0 Å². The lowest BCUT2D eigenvalue weighted by atomic mass is 9.98. The standard InChI is InChI=1S/C13H26N4/c1-4-11(3)9-12(5-2)14-8-6-7-13-15-10-16-17-13/h10-12,14H,4-9H2,1-3H3,(H,15,16,17). The van der Waals surface area contributed by atoms with Crippen LogP contribution in [0.5, 0.6) is 0 Å². The van der Waals surface area contributed by atoms with Crippen LogP contribution in [0.15, 0.2) is 6.33 Å². The average Bonchev–Trinajstić information content (AvgIpc) is 2.85. The molecule has 0 radical (unpaired) electrons. The van der Waals surface area contributed by atoms with Crippen LogP contribution >= 0.6 is 0 Å². The van der Waals surface area contributed by atoms with Crippen molar-refractivity contribution in [1.29, 1.82) is 0 Å². The van der Waals surface area contributed by atoms with Gasteiger partial charge in [0, 0.05) is 12.5 Å². The number of aryl methyl sites for hydroxylation is 1. The average molecular weight is 238 g/mol. The molecule has 0 aliphatic heterocycles. The van der Waals surface area contributed by atoms with Gasteiger partial charge in [0.2, 0.25) is 0 Å². The third-order valence-corrected chi connectivity index (χ3v) is 3.36. The van der Waals surface area contributed by atoms with Crippen LogP contribution in [0.25, 0.3) is 0 Å². The second-order valence-electron chi connectivity index (χ2n) is 4.84. The first-order chi connectivity index (χ1) is 8.26. The molecule has 98 valence electrons. The van der Waals surface area contributed by atoms with Gasteiger partial charge >= 0.3 is 0 Å². The predicted octanol–water partition coefficient (Wildman–Crippen LogP) is 2.54. The Balaban J connectivity index is 2.11. The van der Waals surface area contributed by atoms with E-state index in [1.807, 2.05) is 0 Å². The summed E-state index contributed by atoms with van der Waals surface area (Å²) in [5.74, 6) is 1.81. The second kappa shape index (κ2) is 8.23.